The molecule has 1 amide bonds. The molecular formula is C21H23FN4OS. The molecule has 28 heavy (non-hydrogen) atoms. The van der Waals surface area contributed by atoms with Crippen LogP contribution in [-0.2, 0) is 4.79 Å². The first-order valence-electron chi connectivity index (χ1n) is 9.59. The number of amides is 1. The SMILES string of the molecule is CC(C)NC(=O)C1CCN(c2nc3ccc(-c4ccccc4F)nc3s2)CC1. The lowest BCUT2D eigenvalue weighted by molar-refractivity contribution is -0.126. The second-order valence-electron chi connectivity index (χ2n) is 7.42. The Bertz CT molecular complexity index is 995. The molecule has 0 aliphatic carbocycles. The molecule has 1 saturated heterocycles. The molecule has 1 N–H and O–H groups in total. The average molecular weight is 399 g/mol. The van der Waals surface area contributed by atoms with Gasteiger partial charge in [0.25, 0.3) is 0 Å². The normalized spacial score (nSPS) is 15.4. The molecule has 7 heteroatoms. The molecule has 1 aliphatic rings. The Morgan fingerprint density at radius 3 is 2.64 bits per heavy atom. The third-order valence-corrected chi connectivity index (χ3v) is 5.99. The Kier molecular flexibility index (Phi) is 5.26. The molecule has 2 aromatic heterocycles. The van der Waals surface area contributed by atoms with Crippen molar-refractivity contribution in [2.24, 2.45) is 5.92 Å². The number of pyridine rings is 1. The monoisotopic (exact) mass is 398 g/mol. The molecule has 3 heterocycles. The molecule has 1 aliphatic heterocycles. The van der Waals surface area contributed by atoms with E-state index in [2.05, 4.69) is 15.2 Å². The van der Waals surface area contributed by atoms with Gasteiger partial charge in [-0.1, -0.05) is 23.5 Å². The minimum atomic E-state index is -0.277. The number of hydrogen-bond acceptors (Lipinski definition) is 5. The zero-order chi connectivity index (χ0) is 19.7. The summed E-state index contributed by atoms with van der Waals surface area (Å²) in [5, 5.41) is 3.92. The number of hydrogen-bond donors (Lipinski definition) is 1. The summed E-state index contributed by atoms with van der Waals surface area (Å²) in [6, 6.07) is 10.5. The summed E-state index contributed by atoms with van der Waals surface area (Å²) in [6.07, 6.45) is 1.64. The number of carbonyl (C=O) groups is 1. The van der Waals surface area contributed by atoms with Crippen LogP contribution in [0.5, 0.6) is 0 Å². The van der Waals surface area contributed by atoms with Crippen LogP contribution in [0.3, 0.4) is 0 Å². The smallest absolute Gasteiger partial charge is 0.223 e. The second kappa shape index (κ2) is 7.83. The highest BCUT2D eigenvalue weighted by atomic mass is 32.1. The van der Waals surface area contributed by atoms with E-state index < -0.39 is 0 Å². The van der Waals surface area contributed by atoms with Crippen LogP contribution in [0.4, 0.5) is 9.52 Å². The third-order valence-electron chi connectivity index (χ3n) is 4.96. The van der Waals surface area contributed by atoms with Crippen molar-refractivity contribution >= 4 is 32.7 Å². The molecule has 1 aromatic carbocycles. The van der Waals surface area contributed by atoms with Gasteiger partial charge in [0.1, 0.15) is 16.2 Å². The molecule has 0 saturated carbocycles. The summed E-state index contributed by atoms with van der Waals surface area (Å²) < 4.78 is 14.1. The van der Waals surface area contributed by atoms with Gasteiger partial charge in [0.05, 0.1) is 5.69 Å². The minimum absolute atomic E-state index is 0.0683. The Labute approximate surface area is 167 Å². The second-order valence-corrected chi connectivity index (χ2v) is 8.38. The van der Waals surface area contributed by atoms with Crippen LogP contribution >= 0.6 is 11.3 Å². The van der Waals surface area contributed by atoms with Gasteiger partial charge in [-0.15, -0.1) is 0 Å². The van der Waals surface area contributed by atoms with Crippen molar-refractivity contribution in [2.75, 3.05) is 18.0 Å². The molecule has 3 aromatic rings. The van der Waals surface area contributed by atoms with Gasteiger partial charge in [0, 0.05) is 30.6 Å². The molecule has 0 spiro atoms. The van der Waals surface area contributed by atoms with Gasteiger partial charge < -0.3 is 10.2 Å². The number of benzene rings is 1. The van der Waals surface area contributed by atoms with Crippen molar-refractivity contribution in [1.29, 1.82) is 0 Å². The third kappa shape index (κ3) is 3.85. The predicted octanol–water partition coefficient (Wildman–Crippen LogP) is 4.24. The number of nitrogens with zero attached hydrogens (tertiary/aromatic N) is 3. The number of halogens is 1. The zero-order valence-corrected chi connectivity index (χ0v) is 16.8. The Morgan fingerprint density at radius 1 is 1.18 bits per heavy atom. The molecule has 0 atom stereocenters. The van der Waals surface area contributed by atoms with Crippen molar-refractivity contribution in [1.82, 2.24) is 15.3 Å². The molecular weight excluding hydrogens is 375 g/mol. The Balaban J connectivity index is 1.50. The van der Waals surface area contributed by atoms with Crippen LogP contribution < -0.4 is 10.2 Å². The van der Waals surface area contributed by atoms with E-state index in [1.807, 2.05) is 32.0 Å². The van der Waals surface area contributed by atoms with E-state index in [1.165, 1.54) is 17.4 Å². The zero-order valence-electron chi connectivity index (χ0n) is 16.0. The summed E-state index contributed by atoms with van der Waals surface area (Å²) in [7, 11) is 0. The van der Waals surface area contributed by atoms with Gasteiger partial charge in [-0.2, -0.15) is 0 Å². The fourth-order valence-electron chi connectivity index (χ4n) is 3.50. The summed E-state index contributed by atoms with van der Waals surface area (Å²) in [5.41, 5.74) is 1.93. The maximum absolute atomic E-state index is 14.1. The molecule has 146 valence electrons. The number of fused-ring (bicyclic) bond motifs is 1. The van der Waals surface area contributed by atoms with E-state index in [1.54, 1.807) is 12.1 Å². The van der Waals surface area contributed by atoms with Crippen LogP contribution in [0, 0.1) is 11.7 Å². The highest BCUT2D eigenvalue weighted by Gasteiger charge is 2.26. The minimum Gasteiger partial charge on any atom is -0.354 e. The maximum atomic E-state index is 14.1. The number of rotatable bonds is 4. The Hall–Kier alpha value is -2.54. The number of thiazole rings is 1. The lowest BCUT2D eigenvalue weighted by Gasteiger charge is -2.31. The predicted molar refractivity (Wildman–Crippen MR) is 111 cm³/mol. The number of aromatic nitrogens is 2. The van der Waals surface area contributed by atoms with E-state index in [0.29, 0.717) is 11.3 Å². The first kappa shape index (κ1) is 18.8. The quantitative estimate of drug-likeness (QED) is 0.714. The fourth-order valence-corrected chi connectivity index (χ4v) is 4.49. The van der Waals surface area contributed by atoms with Gasteiger partial charge in [-0.05, 0) is 51.0 Å². The number of carbonyl (C=O) groups excluding carboxylic acids is 1. The van der Waals surface area contributed by atoms with Gasteiger partial charge >= 0.3 is 0 Å². The van der Waals surface area contributed by atoms with Crippen molar-refractivity contribution in [2.45, 2.75) is 32.7 Å². The number of nitrogens with one attached hydrogen (secondary N) is 1. The molecule has 0 bridgehead atoms. The molecule has 4 rings (SSSR count). The van der Waals surface area contributed by atoms with Crippen LogP contribution in [-0.4, -0.2) is 35.0 Å². The van der Waals surface area contributed by atoms with E-state index in [9.17, 15) is 9.18 Å². The first-order chi connectivity index (χ1) is 13.5. The van der Waals surface area contributed by atoms with Gasteiger partial charge in [0.15, 0.2) is 5.13 Å². The number of piperidine rings is 1. The van der Waals surface area contributed by atoms with E-state index in [-0.39, 0.29) is 23.7 Å². The van der Waals surface area contributed by atoms with Crippen LogP contribution in [0.2, 0.25) is 0 Å². The van der Waals surface area contributed by atoms with Gasteiger partial charge in [-0.25, -0.2) is 14.4 Å². The van der Waals surface area contributed by atoms with Crippen molar-refractivity contribution < 1.29 is 9.18 Å². The van der Waals surface area contributed by atoms with Gasteiger partial charge in [-0.3, -0.25) is 4.79 Å². The van der Waals surface area contributed by atoms with E-state index in [4.69, 9.17) is 4.98 Å². The summed E-state index contributed by atoms with van der Waals surface area (Å²) >= 11 is 1.52. The highest BCUT2D eigenvalue weighted by molar-refractivity contribution is 7.21. The molecule has 0 radical (unpaired) electrons. The maximum Gasteiger partial charge on any atom is 0.223 e. The first-order valence-corrected chi connectivity index (χ1v) is 10.4. The van der Waals surface area contributed by atoms with Crippen LogP contribution in [0.25, 0.3) is 21.6 Å². The lowest BCUT2D eigenvalue weighted by Crippen LogP contribution is -2.42. The van der Waals surface area contributed by atoms with Crippen LogP contribution in [0.15, 0.2) is 36.4 Å². The average Bonchev–Trinajstić information content (AvgIpc) is 3.11. The standard InChI is InChI=1S/C21H23FN4OS/c1-13(2)23-19(27)14-9-11-26(12-10-14)21-25-18-8-7-17(24-20(18)28-21)15-5-3-4-6-16(15)22/h3-8,13-14H,9-12H2,1-2H3,(H,23,27). The summed E-state index contributed by atoms with van der Waals surface area (Å²) in [5.74, 6) is -0.0604. The van der Waals surface area contributed by atoms with Gasteiger partial charge in [0.2, 0.25) is 5.91 Å². The van der Waals surface area contributed by atoms with E-state index >= 15 is 0 Å². The molecule has 5 nitrogen and oxygen atoms in total. The molecule has 0 unspecified atom stereocenters. The van der Waals surface area contributed by atoms with Crippen molar-refractivity contribution in [3.05, 3.63) is 42.2 Å². The topological polar surface area (TPSA) is 58.1 Å². The summed E-state index contributed by atoms with van der Waals surface area (Å²) in [6.45, 7) is 5.57. The van der Waals surface area contributed by atoms with Crippen molar-refractivity contribution in [3.8, 4) is 11.3 Å². The fraction of sp³-hybridized carbons (Fsp3) is 0.381. The number of anilines is 1. The highest BCUT2D eigenvalue weighted by Crippen LogP contribution is 2.32. The largest absolute Gasteiger partial charge is 0.354 e. The lowest BCUT2D eigenvalue weighted by atomic mass is 9.96. The molecule has 1 fully saturated rings. The van der Waals surface area contributed by atoms with Crippen molar-refractivity contribution in [3.63, 3.8) is 0 Å². The van der Waals surface area contributed by atoms with E-state index in [0.717, 1.165) is 41.4 Å². The Morgan fingerprint density at radius 2 is 1.93 bits per heavy atom. The van der Waals surface area contributed by atoms with Crippen LogP contribution in [0.1, 0.15) is 26.7 Å². The summed E-state index contributed by atoms with van der Waals surface area (Å²) in [4.78, 5) is 24.5.